The van der Waals surface area contributed by atoms with Gasteiger partial charge in [0, 0.05) is 6.04 Å². The average Bonchev–Trinajstić information content (AvgIpc) is 2.26. The summed E-state index contributed by atoms with van der Waals surface area (Å²) < 4.78 is 26.2. The highest BCUT2D eigenvalue weighted by Crippen LogP contribution is 2.23. The van der Waals surface area contributed by atoms with E-state index in [0.717, 1.165) is 30.4 Å². The first-order valence-corrected chi connectivity index (χ1v) is 6.21. The van der Waals surface area contributed by atoms with Gasteiger partial charge in [0.1, 0.15) is 0 Å². The predicted octanol–water partition coefficient (Wildman–Crippen LogP) is 3.27. The molecule has 0 bridgehead atoms. The molecule has 0 amide bonds. The van der Waals surface area contributed by atoms with Gasteiger partial charge in [0.15, 0.2) is 11.6 Å². The van der Waals surface area contributed by atoms with Crippen LogP contribution in [-0.4, -0.2) is 17.5 Å². The van der Waals surface area contributed by atoms with Crippen LogP contribution in [-0.2, 0) is 0 Å². The van der Waals surface area contributed by atoms with Crippen LogP contribution in [0.15, 0.2) is 18.2 Å². The fourth-order valence-electron chi connectivity index (χ4n) is 1.68. The van der Waals surface area contributed by atoms with Crippen LogP contribution in [0.3, 0.4) is 0 Å². The SMILES string of the molecule is Fc1cccc(NC2CCSCC2)c1F. The van der Waals surface area contributed by atoms with Gasteiger partial charge in [-0.3, -0.25) is 0 Å². The van der Waals surface area contributed by atoms with E-state index in [-0.39, 0.29) is 11.7 Å². The van der Waals surface area contributed by atoms with Gasteiger partial charge in [0.2, 0.25) is 0 Å². The Morgan fingerprint density at radius 1 is 1.20 bits per heavy atom. The molecule has 1 saturated heterocycles. The van der Waals surface area contributed by atoms with Crippen molar-refractivity contribution < 1.29 is 8.78 Å². The number of rotatable bonds is 2. The molecule has 1 aromatic rings. The zero-order valence-corrected chi connectivity index (χ0v) is 9.12. The summed E-state index contributed by atoms with van der Waals surface area (Å²) in [6, 6.07) is 4.53. The molecule has 0 unspecified atom stereocenters. The lowest BCUT2D eigenvalue weighted by Gasteiger charge is -2.23. The first-order chi connectivity index (χ1) is 7.27. The zero-order valence-electron chi connectivity index (χ0n) is 8.30. The first kappa shape index (κ1) is 10.7. The Morgan fingerprint density at radius 2 is 1.93 bits per heavy atom. The molecule has 4 heteroatoms. The molecule has 0 aliphatic carbocycles. The standard InChI is InChI=1S/C11H13F2NS/c12-9-2-1-3-10(11(9)13)14-8-4-6-15-7-5-8/h1-3,8,14H,4-7H2. The molecule has 1 aliphatic rings. The van der Waals surface area contributed by atoms with Gasteiger partial charge in [-0.15, -0.1) is 0 Å². The highest BCUT2D eigenvalue weighted by molar-refractivity contribution is 7.99. The summed E-state index contributed by atoms with van der Waals surface area (Å²) in [5.74, 6) is 0.629. The van der Waals surface area contributed by atoms with Gasteiger partial charge in [0.25, 0.3) is 0 Å². The van der Waals surface area contributed by atoms with Crippen molar-refractivity contribution in [3.8, 4) is 0 Å². The molecule has 1 nitrogen and oxygen atoms in total. The Labute approximate surface area is 92.3 Å². The molecule has 82 valence electrons. The van der Waals surface area contributed by atoms with E-state index in [4.69, 9.17) is 0 Å². The lowest BCUT2D eigenvalue weighted by Crippen LogP contribution is -2.25. The number of hydrogen-bond acceptors (Lipinski definition) is 2. The van der Waals surface area contributed by atoms with Crippen LogP contribution in [0, 0.1) is 11.6 Å². The third-order valence-corrected chi connectivity index (χ3v) is 3.58. The molecule has 0 spiro atoms. The molecule has 2 rings (SSSR count). The van der Waals surface area contributed by atoms with Crippen molar-refractivity contribution in [1.82, 2.24) is 0 Å². The molecule has 1 fully saturated rings. The van der Waals surface area contributed by atoms with Crippen molar-refractivity contribution in [1.29, 1.82) is 0 Å². The molecular formula is C11H13F2NS. The molecular weight excluding hydrogens is 216 g/mol. The van der Waals surface area contributed by atoms with Crippen LogP contribution < -0.4 is 5.32 Å². The van der Waals surface area contributed by atoms with E-state index >= 15 is 0 Å². The minimum Gasteiger partial charge on any atom is -0.380 e. The Bertz CT molecular complexity index is 337. The summed E-state index contributed by atoms with van der Waals surface area (Å²) >= 11 is 1.91. The highest BCUT2D eigenvalue weighted by Gasteiger charge is 2.15. The number of hydrogen-bond donors (Lipinski definition) is 1. The van der Waals surface area contributed by atoms with E-state index in [1.807, 2.05) is 11.8 Å². The monoisotopic (exact) mass is 229 g/mol. The highest BCUT2D eigenvalue weighted by atomic mass is 32.2. The summed E-state index contributed by atoms with van der Waals surface area (Å²) in [5, 5.41) is 3.06. The largest absolute Gasteiger partial charge is 0.380 e. The molecule has 0 saturated carbocycles. The summed E-state index contributed by atoms with van der Waals surface area (Å²) in [6.45, 7) is 0. The lowest BCUT2D eigenvalue weighted by atomic mass is 10.1. The van der Waals surface area contributed by atoms with E-state index < -0.39 is 11.6 Å². The van der Waals surface area contributed by atoms with Crippen LogP contribution in [0.25, 0.3) is 0 Å². The van der Waals surface area contributed by atoms with Gasteiger partial charge in [0.05, 0.1) is 5.69 Å². The fraction of sp³-hybridized carbons (Fsp3) is 0.455. The normalized spacial score (nSPS) is 17.7. The number of benzene rings is 1. The van der Waals surface area contributed by atoms with Crippen LogP contribution in [0.2, 0.25) is 0 Å². The number of halogens is 2. The third kappa shape index (κ3) is 2.62. The Morgan fingerprint density at radius 3 is 2.67 bits per heavy atom. The fourth-order valence-corrected chi connectivity index (χ4v) is 2.78. The van der Waals surface area contributed by atoms with E-state index in [1.165, 1.54) is 6.07 Å². The van der Waals surface area contributed by atoms with Crippen LogP contribution in [0.1, 0.15) is 12.8 Å². The van der Waals surface area contributed by atoms with Crippen molar-refractivity contribution >= 4 is 17.4 Å². The molecule has 0 atom stereocenters. The Balaban J connectivity index is 2.06. The van der Waals surface area contributed by atoms with Gasteiger partial charge < -0.3 is 5.32 Å². The maximum absolute atomic E-state index is 13.3. The zero-order chi connectivity index (χ0) is 10.7. The molecule has 0 aromatic heterocycles. The average molecular weight is 229 g/mol. The van der Waals surface area contributed by atoms with Crippen LogP contribution in [0.4, 0.5) is 14.5 Å². The molecule has 15 heavy (non-hydrogen) atoms. The maximum atomic E-state index is 13.3. The van der Waals surface area contributed by atoms with Crippen molar-refractivity contribution in [2.75, 3.05) is 16.8 Å². The van der Waals surface area contributed by atoms with Crippen LogP contribution in [0.5, 0.6) is 0 Å². The van der Waals surface area contributed by atoms with Crippen molar-refractivity contribution in [2.24, 2.45) is 0 Å². The first-order valence-electron chi connectivity index (χ1n) is 5.05. The second-order valence-electron chi connectivity index (χ2n) is 3.63. The molecule has 0 radical (unpaired) electrons. The van der Waals surface area contributed by atoms with Crippen molar-refractivity contribution in [2.45, 2.75) is 18.9 Å². The van der Waals surface area contributed by atoms with E-state index in [1.54, 1.807) is 6.07 Å². The predicted molar refractivity (Wildman–Crippen MR) is 60.3 cm³/mol. The minimum absolute atomic E-state index is 0.280. The maximum Gasteiger partial charge on any atom is 0.181 e. The lowest BCUT2D eigenvalue weighted by molar-refractivity contribution is 0.508. The van der Waals surface area contributed by atoms with Gasteiger partial charge in [-0.2, -0.15) is 11.8 Å². The quantitative estimate of drug-likeness (QED) is 0.835. The van der Waals surface area contributed by atoms with Crippen molar-refractivity contribution in [3.63, 3.8) is 0 Å². The molecule has 1 aliphatic heterocycles. The van der Waals surface area contributed by atoms with Gasteiger partial charge in [-0.05, 0) is 36.5 Å². The van der Waals surface area contributed by atoms with Gasteiger partial charge in [-0.1, -0.05) is 6.07 Å². The van der Waals surface area contributed by atoms with E-state index in [0.29, 0.717) is 0 Å². The second kappa shape index (κ2) is 4.84. The van der Waals surface area contributed by atoms with Gasteiger partial charge in [-0.25, -0.2) is 8.78 Å². The summed E-state index contributed by atoms with van der Waals surface area (Å²) in [6.07, 6.45) is 2.03. The molecule has 1 aromatic carbocycles. The number of thioether (sulfide) groups is 1. The topological polar surface area (TPSA) is 12.0 Å². The summed E-state index contributed by atoms with van der Waals surface area (Å²) in [7, 11) is 0. The molecule has 1 N–H and O–H groups in total. The summed E-state index contributed by atoms with van der Waals surface area (Å²) in [4.78, 5) is 0. The molecule has 1 heterocycles. The van der Waals surface area contributed by atoms with Gasteiger partial charge >= 0.3 is 0 Å². The van der Waals surface area contributed by atoms with E-state index in [9.17, 15) is 8.78 Å². The second-order valence-corrected chi connectivity index (χ2v) is 4.86. The Hall–Kier alpha value is -0.770. The summed E-state index contributed by atoms with van der Waals surface area (Å²) in [5.41, 5.74) is 0.284. The van der Waals surface area contributed by atoms with E-state index in [2.05, 4.69) is 5.32 Å². The smallest absolute Gasteiger partial charge is 0.181 e. The van der Waals surface area contributed by atoms with Crippen LogP contribution >= 0.6 is 11.8 Å². The Kier molecular flexibility index (Phi) is 3.46. The number of anilines is 1. The third-order valence-electron chi connectivity index (χ3n) is 2.53. The van der Waals surface area contributed by atoms with Crippen molar-refractivity contribution in [3.05, 3.63) is 29.8 Å². The number of nitrogens with one attached hydrogen (secondary N) is 1. The minimum atomic E-state index is -0.787.